The van der Waals surface area contributed by atoms with Gasteiger partial charge in [0.1, 0.15) is 0 Å². The summed E-state index contributed by atoms with van der Waals surface area (Å²) in [6.07, 6.45) is 6.55. The molecule has 0 aromatic heterocycles. The molecule has 0 aromatic rings. The molecule has 13 heteroatoms. The molecular formula is C30H45N3O10. The van der Waals surface area contributed by atoms with Crippen molar-refractivity contribution in [2.75, 3.05) is 52.9 Å². The third-order valence-corrected chi connectivity index (χ3v) is 6.96. The van der Waals surface area contributed by atoms with Gasteiger partial charge in [-0.2, -0.15) is 5.10 Å². The number of carbonyl (C=O) groups is 4. The molecule has 13 nitrogen and oxygen atoms in total. The van der Waals surface area contributed by atoms with E-state index in [9.17, 15) is 19.2 Å². The average molecular weight is 608 g/mol. The zero-order valence-electron chi connectivity index (χ0n) is 25.2. The van der Waals surface area contributed by atoms with E-state index >= 15 is 0 Å². The standard InChI is InChI=1S/C30H45N3O10/c1-21(2)18-26(34)32-31-25-5-3-4-22-19-23(6-7-24(22)25)43-29(33-27(35)8-9-28(33)36)20-42-17-16-41-15-14-40-13-12-39-11-10-30(37)38/h6-7,21,23,29H,3-5,8-20H2,1-2H3,(H,32,34)(H,37,38). The van der Waals surface area contributed by atoms with Crippen LogP contribution in [-0.2, 0) is 42.9 Å². The van der Waals surface area contributed by atoms with Gasteiger partial charge in [-0.25, -0.2) is 5.43 Å². The molecule has 240 valence electrons. The van der Waals surface area contributed by atoms with E-state index in [0.29, 0.717) is 45.9 Å². The van der Waals surface area contributed by atoms with Gasteiger partial charge < -0.3 is 28.8 Å². The van der Waals surface area contributed by atoms with Crippen LogP contribution in [0.5, 0.6) is 0 Å². The lowest BCUT2D eigenvalue weighted by Crippen LogP contribution is -2.46. The Hall–Kier alpha value is -2.97. The molecule has 3 amide bonds. The van der Waals surface area contributed by atoms with Crippen LogP contribution in [0.15, 0.2) is 28.4 Å². The minimum absolute atomic E-state index is 0.0237. The molecular weight excluding hydrogens is 562 g/mol. The van der Waals surface area contributed by atoms with Crippen molar-refractivity contribution in [3.05, 3.63) is 23.3 Å². The average Bonchev–Trinajstić information content (AvgIpc) is 3.30. The number of hydrogen-bond acceptors (Lipinski definition) is 10. The third kappa shape index (κ3) is 12.3. The number of rotatable bonds is 20. The predicted octanol–water partition coefficient (Wildman–Crippen LogP) is 2.35. The van der Waals surface area contributed by atoms with E-state index in [1.54, 1.807) is 0 Å². The van der Waals surface area contributed by atoms with Gasteiger partial charge in [0.05, 0.1) is 71.1 Å². The number of nitrogens with one attached hydrogen (secondary N) is 1. The summed E-state index contributed by atoms with van der Waals surface area (Å²) in [6.45, 7) is 6.04. The van der Waals surface area contributed by atoms with Crippen LogP contribution in [0, 0.1) is 5.92 Å². The molecule has 2 atom stereocenters. The van der Waals surface area contributed by atoms with Gasteiger partial charge in [0.25, 0.3) is 0 Å². The Morgan fingerprint density at radius 1 is 0.953 bits per heavy atom. The highest BCUT2D eigenvalue weighted by molar-refractivity contribution is 6.04. The quantitative estimate of drug-likeness (QED) is 0.119. The van der Waals surface area contributed by atoms with Crippen molar-refractivity contribution >= 4 is 29.4 Å². The van der Waals surface area contributed by atoms with Crippen LogP contribution in [0.2, 0.25) is 0 Å². The first-order chi connectivity index (χ1) is 20.7. The van der Waals surface area contributed by atoms with Gasteiger partial charge in [-0.3, -0.25) is 24.1 Å². The Labute approximate surface area is 252 Å². The van der Waals surface area contributed by atoms with Crippen molar-refractivity contribution < 1.29 is 48.0 Å². The van der Waals surface area contributed by atoms with E-state index in [1.165, 1.54) is 10.5 Å². The number of nitrogens with zero attached hydrogens (tertiary/aromatic N) is 2. The topological polar surface area (TPSA) is 162 Å². The molecule has 1 aliphatic heterocycles. The lowest BCUT2D eigenvalue weighted by Gasteiger charge is -2.32. The Balaban J connectivity index is 1.42. The summed E-state index contributed by atoms with van der Waals surface area (Å²) < 4.78 is 28.0. The highest BCUT2D eigenvalue weighted by Gasteiger charge is 2.37. The van der Waals surface area contributed by atoms with Crippen molar-refractivity contribution in [3.8, 4) is 0 Å². The summed E-state index contributed by atoms with van der Waals surface area (Å²) in [5, 5.41) is 13.0. The number of carbonyl (C=O) groups excluding carboxylic acids is 3. The number of hydrogen-bond donors (Lipinski definition) is 2. The number of ether oxygens (including phenoxy) is 5. The Morgan fingerprint density at radius 2 is 1.58 bits per heavy atom. The molecule has 3 rings (SSSR count). The number of hydrazone groups is 1. The predicted molar refractivity (Wildman–Crippen MR) is 155 cm³/mol. The van der Waals surface area contributed by atoms with E-state index < -0.39 is 12.2 Å². The molecule has 2 unspecified atom stereocenters. The van der Waals surface area contributed by atoms with Gasteiger partial charge >= 0.3 is 5.97 Å². The molecule has 1 fully saturated rings. The van der Waals surface area contributed by atoms with Gasteiger partial charge in [0.2, 0.25) is 17.7 Å². The van der Waals surface area contributed by atoms with E-state index in [0.717, 1.165) is 30.5 Å². The Kier molecular flexibility index (Phi) is 15.0. The van der Waals surface area contributed by atoms with Crippen LogP contribution in [-0.4, -0.2) is 105 Å². The number of likely N-dealkylation sites (tertiary alicyclic amines) is 1. The first kappa shape index (κ1) is 34.5. The first-order valence-electron chi connectivity index (χ1n) is 15.0. The van der Waals surface area contributed by atoms with Crippen molar-refractivity contribution in [2.45, 2.75) is 77.5 Å². The molecule has 43 heavy (non-hydrogen) atoms. The lowest BCUT2D eigenvalue weighted by molar-refractivity contribution is -0.165. The second-order valence-electron chi connectivity index (χ2n) is 11.0. The van der Waals surface area contributed by atoms with E-state index in [4.69, 9.17) is 28.8 Å². The number of carboxylic acid groups (broad SMARTS) is 1. The van der Waals surface area contributed by atoms with Crippen molar-refractivity contribution in [2.24, 2.45) is 11.0 Å². The van der Waals surface area contributed by atoms with Crippen LogP contribution in [0.25, 0.3) is 0 Å². The van der Waals surface area contributed by atoms with E-state index in [-0.39, 0.29) is 68.8 Å². The number of amides is 3. The normalized spacial score (nSPS) is 20.3. The van der Waals surface area contributed by atoms with E-state index in [1.807, 2.05) is 26.0 Å². The van der Waals surface area contributed by atoms with E-state index in [2.05, 4.69) is 10.5 Å². The number of imide groups is 1. The van der Waals surface area contributed by atoms with Crippen LogP contribution in [0.4, 0.5) is 0 Å². The minimum Gasteiger partial charge on any atom is -0.481 e. The van der Waals surface area contributed by atoms with Crippen molar-refractivity contribution in [1.82, 2.24) is 10.3 Å². The summed E-state index contributed by atoms with van der Waals surface area (Å²) in [4.78, 5) is 48.7. The van der Waals surface area contributed by atoms with Gasteiger partial charge in [-0.15, -0.1) is 0 Å². The SMILES string of the molecule is CC(C)CC(=O)NN=C1CCCC2=C1C=CC(OC(COCCOCCOCCOCCC(=O)O)N1C(=O)CCC1=O)C2. The lowest BCUT2D eigenvalue weighted by atomic mass is 9.83. The fourth-order valence-electron chi connectivity index (χ4n) is 4.93. The van der Waals surface area contributed by atoms with Crippen molar-refractivity contribution in [3.63, 3.8) is 0 Å². The molecule has 1 heterocycles. The highest BCUT2D eigenvalue weighted by atomic mass is 16.6. The fourth-order valence-corrected chi connectivity index (χ4v) is 4.93. The maximum absolute atomic E-state index is 12.5. The molecule has 0 aromatic carbocycles. The largest absolute Gasteiger partial charge is 0.481 e. The molecule has 1 saturated heterocycles. The second-order valence-corrected chi connectivity index (χ2v) is 11.0. The highest BCUT2D eigenvalue weighted by Crippen LogP contribution is 2.32. The fraction of sp³-hybridized carbons (Fsp3) is 0.700. The summed E-state index contributed by atoms with van der Waals surface area (Å²) in [7, 11) is 0. The van der Waals surface area contributed by atoms with Crippen LogP contribution >= 0.6 is 0 Å². The summed E-state index contributed by atoms with van der Waals surface area (Å²) in [5.41, 5.74) is 5.73. The molecule has 2 aliphatic carbocycles. The smallest absolute Gasteiger partial charge is 0.305 e. The molecule has 0 bridgehead atoms. The Bertz CT molecular complexity index is 1040. The molecule has 2 N–H and O–H groups in total. The summed E-state index contributed by atoms with van der Waals surface area (Å²) in [5.74, 6) is -1.30. The van der Waals surface area contributed by atoms with Crippen LogP contribution in [0.1, 0.15) is 65.2 Å². The maximum atomic E-state index is 12.5. The minimum atomic E-state index is -0.903. The first-order valence-corrected chi connectivity index (χ1v) is 15.0. The molecule has 3 aliphatic rings. The maximum Gasteiger partial charge on any atom is 0.305 e. The monoisotopic (exact) mass is 607 g/mol. The van der Waals surface area contributed by atoms with Crippen LogP contribution < -0.4 is 5.43 Å². The molecule has 0 radical (unpaired) electrons. The van der Waals surface area contributed by atoms with Crippen LogP contribution in [0.3, 0.4) is 0 Å². The number of carboxylic acids is 1. The second kappa shape index (κ2) is 18.6. The zero-order valence-corrected chi connectivity index (χ0v) is 25.2. The Morgan fingerprint density at radius 3 is 2.21 bits per heavy atom. The van der Waals surface area contributed by atoms with Gasteiger partial charge in [0, 0.05) is 19.3 Å². The summed E-state index contributed by atoms with van der Waals surface area (Å²) >= 11 is 0. The van der Waals surface area contributed by atoms with Gasteiger partial charge in [0.15, 0.2) is 6.23 Å². The number of allylic oxidation sites excluding steroid dienone is 2. The molecule has 0 spiro atoms. The van der Waals surface area contributed by atoms with Gasteiger partial charge in [-0.1, -0.05) is 31.6 Å². The zero-order chi connectivity index (χ0) is 31.0. The summed E-state index contributed by atoms with van der Waals surface area (Å²) in [6, 6.07) is 0. The number of aliphatic carboxylic acids is 1. The van der Waals surface area contributed by atoms with Crippen molar-refractivity contribution in [1.29, 1.82) is 0 Å². The molecule has 0 saturated carbocycles. The third-order valence-electron chi connectivity index (χ3n) is 6.96. The van der Waals surface area contributed by atoms with Gasteiger partial charge in [-0.05, 0) is 37.2 Å².